The fourth-order valence-electron chi connectivity index (χ4n) is 3.35. The van der Waals surface area contributed by atoms with Gasteiger partial charge >= 0.3 is 0 Å². The molecule has 134 valence electrons. The number of rotatable bonds is 7. The predicted octanol–water partition coefficient (Wildman–Crippen LogP) is 3.05. The van der Waals surface area contributed by atoms with Crippen LogP contribution >= 0.6 is 0 Å². The van der Waals surface area contributed by atoms with Crippen LogP contribution < -0.4 is 11.1 Å². The van der Waals surface area contributed by atoms with Crippen LogP contribution in [0.15, 0.2) is 24.3 Å². The lowest BCUT2D eigenvalue weighted by molar-refractivity contribution is -0.122. The molecule has 0 unspecified atom stereocenters. The van der Waals surface area contributed by atoms with Crippen molar-refractivity contribution in [2.45, 2.75) is 65.1 Å². The van der Waals surface area contributed by atoms with E-state index in [0.717, 1.165) is 13.0 Å². The second-order valence-electron chi connectivity index (χ2n) is 7.41. The lowest BCUT2D eigenvalue weighted by Crippen LogP contribution is -2.41. The monoisotopic (exact) mass is 331 g/mol. The maximum Gasteiger partial charge on any atom is 0.237 e. The van der Waals surface area contributed by atoms with Gasteiger partial charge in [0.1, 0.15) is 0 Å². The SMILES string of the molecule is CC(C)C[C@H](N)C(=O)NCc1ccccc1CN1CCCCCC1. The van der Waals surface area contributed by atoms with Crippen LogP contribution in [0.2, 0.25) is 0 Å². The summed E-state index contributed by atoms with van der Waals surface area (Å²) in [7, 11) is 0. The lowest BCUT2D eigenvalue weighted by Gasteiger charge is -2.22. The minimum atomic E-state index is -0.414. The van der Waals surface area contributed by atoms with Crippen LogP contribution in [-0.4, -0.2) is 29.9 Å². The molecule has 1 aliphatic heterocycles. The van der Waals surface area contributed by atoms with Gasteiger partial charge in [-0.25, -0.2) is 0 Å². The van der Waals surface area contributed by atoms with Crippen molar-refractivity contribution < 1.29 is 4.79 Å². The van der Waals surface area contributed by atoms with Crippen molar-refractivity contribution in [3.05, 3.63) is 35.4 Å². The van der Waals surface area contributed by atoms with Crippen LogP contribution in [0.1, 0.15) is 57.1 Å². The standard InChI is InChI=1S/C20H33N3O/c1-16(2)13-19(21)20(24)22-14-17-9-5-6-10-18(17)15-23-11-7-3-4-8-12-23/h5-6,9-10,16,19H,3-4,7-8,11-15,21H2,1-2H3,(H,22,24)/t19-/m0/s1. The van der Waals surface area contributed by atoms with E-state index in [2.05, 4.69) is 42.3 Å². The van der Waals surface area contributed by atoms with Gasteiger partial charge in [-0.05, 0) is 49.4 Å². The smallest absolute Gasteiger partial charge is 0.237 e. The first-order chi connectivity index (χ1) is 11.6. The molecular formula is C20H33N3O. The van der Waals surface area contributed by atoms with E-state index in [1.807, 2.05) is 6.07 Å². The molecule has 1 amide bonds. The predicted molar refractivity (Wildman–Crippen MR) is 99.5 cm³/mol. The third-order valence-electron chi connectivity index (χ3n) is 4.73. The highest BCUT2D eigenvalue weighted by atomic mass is 16.2. The number of carbonyl (C=O) groups is 1. The van der Waals surface area contributed by atoms with E-state index in [-0.39, 0.29) is 5.91 Å². The molecule has 0 spiro atoms. The molecule has 1 atom stereocenters. The van der Waals surface area contributed by atoms with Gasteiger partial charge in [0.2, 0.25) is 5.91 Å². The quantitative estimate of drug-likeness (QED) is 0.807. The number of amides is 1. The second kappa shape index (κ2) is 9.80. The number of hydrogen-bond acceptors (Lipinski definition) is 3. The molecule has 4 heteroatoms. The van der Waals surface area contributed by atoms with Crippen LogP contribution in [0, 0.1) is 5.92 Å². The second-order valence-corrected chi connectivity index (χ2v) is 7.41. The van der Waals surface area contributed by atoms with Crippen molar-refractivity contribution >= 4 is 5.91 Å². The zero-order valence-electron chi connectivity index (χ0n) is 15.3. The minimum absolute atomic E-state index is 0.0479. The normalized spacial score (nSPS) is 17.5. The summed E-state index contributed by atoms with van der Waals surface area (Å²) in [5, 5.41) is 3.01. The number of benzene rings is 1. The molecule has 0 bridgehead atoms. The van der Waals surface area contributed by atoms with Gasteiger partial charge < -0.3 is 11.1 Å². The molecule has 0 aliphatic carbocycles. The van der Waals surface area contributed by atoms with Gasteiger partial charge in [0.05, 0.1) is 6.04 Å². The number of nitrogens with zero attached hydrogens (tertiary/aromatic N) is 1. The summed E-state index contributed by atoms with van der Waals surface area (Å²) in [5.74, 6) is 0.384. The van der Waals surface area contributed by atoms with Crippen molar-refractivity contribution in [2.24, 2.45) is 11.7 Å². The van der Waals surface area contributed by atoms with E-state index in [4.69, 9.17) is 5.73 Å². The van der Waals surface area contributed by atoms with E-state index in [0.29, 0.717) is 12.5 Å². The Morgan fingerprint density at radius 2 is 1.75 bits per heavy atom. The highest BCUT2D eigenvalue weighted by Crippen LogP contribution is 2.16. The number of nitrogens with two attached hydrogens (primary N) is 1. The maximum absolute atomic E-state index is 12.2. The Hall–Kier alpha value is -1.39. The van der Waals surface area contributed by atoms with Gasteiger partial charge in [0, 0.05) is 13.1 Å². The van der Waals surface area contributed by atoms with E-state index in [1.54, 1.807) is 0 Å². The molecular weight excluding hydrogens is 298 g/mol. The number of nitrogens with one attached hydrogen (secondary N) is 1. The zero-order chi connectivity index (χ0) is 17.4. The summed E-state index contributed by atoms with van der Waals surface area (Å²) in [6, 6.07) is 8.01. The summed E-state index contributed by atoms with van der Waals surface area (Å²) >= 11 is 0. The van der Waals surface area contributed by atoms with E-state index in [9.17, 15) is 4.79 Å². The average Bonchev–Trinajstić information content (AvgIpc) is 2.81. The number of hydrogen-bond donors (Lipinski definition) is 2. The van der Waals surface area contributed by atoms with Crippen LogP contribution in [-0.2, 0) is 17.9 Å². The molecule has 4 nitrogen and oxygen atoms in total. The first-order valence-electron chi connectivity index (χ1n) is 9.38. The van der Waals surface area contributed by atoms with Crippen molar-refractivity contribution in [1.82, 2.24) is 10.2 Å². The third-order valence-corrected chi connectivity index (χ3v) is 4.73. The molecule has 0 radical (unpaired) electrons. The largest absolute Gasteiger partial charge is 0.351 e. The molecule has 1 aromatic rings. The Morgan fingerprint density at radius 3 is 2.38 bits per heavy atom. The zero-order valence-corrected chi connectivity index (χ0v) is 15.3. The van der Waals surface area contributed by atoms with Crippen LogP contribution in [0.5, 0.6) is 0 Å². The minimum Gasteiger partial charge on any atom is -0.351 e. The van der Waals surface area contributed by atoms with Crippen molar-refractivity contribution in [1.29, 1.82) is 0 Å². The molecule has 0 saturated carbocycles. The van der Waals surface area contributed by atoms with Gasteiger partial charge in [0.25, 0.3) is 0 Å². The lowest BCUT2D eigenvalue weighted by atomic mass is 10.0. The van der Waals surface area contributed by atoms with E-state index in [1.165, 1.54) is 49.9 Å². The Morgan fingerprint density at radius 1 is 1.12 bits per heavy atom. The van der Waals surface area contributed by atoms with Crippen molar-refractivity contribution in [3.8, 4) is 0 Å². The van der Waals surface area contributed by atoms with Gasteiger partial charge in [-0.1, -0.05) is 51.0 Å². The fourth-order valence-corrected chi connectivity index (χ4v) is 3.35. The molecule has 3 N–H and O–H groups in total. The van der Waals surface area contributed by atoms with Crippen LogP contribution in [0.3, 0.4) is 0 Å². The average molecular weight is 332 g/mol. The van der Waals surface area contributed by atoms with Gasteiger partial charge in [-0.3, -0.25) is 9.69 Å². The summed E-state index contributed by atoms with van der Waals surface area (Å²) in [6.07, 6.45) is 6.01. The van der Waals surface area contributed by atoms with Crippen molar-refractivity contribution in [2.75, 3.05) is 13.1 Å². The highest BCUT2D eigenvalue weighted by molar-refractivity contribution is 5.81. The Balaban J connectivity index is 1.92. The summed E-state index contributed by atoms with van der Waals surface area (Å²) < 4.78 is 0. The number of carbonyl (C=O) groups excluding carboxylic acids is 1. The van der Waals surface area contributed by atoms with Gasteiger partial charge in [-0.15, -0.1) is 0 Å². The van der Waals surface area contributed by atoms with Gasteiger partial charge in [0.15, 0.2) is 0 Å². The molecule has 0 aromatic heterocycles. The summed E-state index contributed by atoms with van der Waals surface area (Å²) in [5.41, 5.74) is 8.48. The summed E-state index contributed by atoms with van der Waals surface area (Å²) in [4.78, 5) is 14.7. The highest BCUT2D eigenvalue weighted by Gasteiger charge is 2.16. The maximum atomic E-state index is 12.2. The van der Waals surface area contributed by atoms with Gasteiger partial charge in [-0.2, -0.15) is 0 Å². The third kappa shape index (κ3) is 6.25. The topological polar surface area (TPSA) is 58.4 Å². The molecule has 1 heterocycles. The molecule has 1 saturated heterocycles. The first-order valence-corrected chi connectivity index (χ1v) is 9.38. The molecule has 1 aliphatic rings. The molecule has 1 aromatic carbocycles. The van der Waals surface area contributed by atoms with Crippen molar-refractivity contribution in [3.63, 3.8) is 0 Å². The molecule has 2 rings (SSSR count). The van der Waals surface area contributed by atoms with E-state index < -0.39 is 6.04 Å². The Bertz CT molecular complexity index is 507. The fraction of sp³-hybridized carbons (Fsp3) is 0.650. The van der Waals surface area contributed by atoms with Crippen LogP contribution in [0.25, 0.3) is 0 Å². The Kier molecular flexibility index (Phi) is 7.73. The summed E-state index contributed by atoms with van der Waals surface area (Å²) in [6.45, 7) is 8.08. The first kappa shape index (κ1) is 18.9. The van der Waals surface area contributed by atoms with E-state index >= 15 is 0 Å². The molecule has 1 fully saturated rings. The number of likely N-dealkylation sites (tertiary alicyclic amines) is 1. The molecule has 24 heavy (non-hydrogen) atoms. The Labute approximate surface area is 146 Å². The van der Waals surface area contributed by atoms with Crippen LogP contribution in [0.4, 0.5) is 0 Å².